The first-order valence-electron chi connectivity index (χ1n) is 13.1. The van der Waals surface area contributed by atoms with Crippen LogP contribution in [-0.2, 0) is 14.4 Å². The van der Waals surface area contributed by atoms with Crippen LogP contribution in [-0.4, -0.2) is 77.4 Å². The smallest absolute Gasteiger partial charge is 0.271 e. The molecule has 1 aliphatic carbocycles. The van der Waals surface area contributed by atoms with E-state index in [-0.39, 0.29) is 30.1 Å². The van der Waals surface area contributed by atoms with E-state index in [9.17, 15) is 24.3 Å². The van der Waals surface area contributed by atoms with E-state index in [2.05, 4.69) is 15.6 Å². The number of nitrogens with zero attached hydrogens (tertiary/aromatic N) is 1. The second-order valence-electron chi connectivity index (χ2n) is 10.4. The molecule has 5 atom stereocenters. The van der Waals surface area contributed by atoms with E-state index in [1.54, 1.807) is 18.1 Å². The van der Waals surface area contributed by atoms with Crippen LogP contribution in [0.3, 0.4) is 0 Å². The summed E-state index contributed by atoms with van der Waals surface area (Å²) in [6.45, 7) is 0.273. The number of amides is 3. The molecule has 0 bridgehead atoms. The minimum atomic E-state index is -0.983. The van der Waals surface area contributed by atoms with Crippen molar-refractivity contribution in [2.24, 2.45) is 17.8 Å². The number of nitrogens with one attached hydrogen (secondary N) is 3. The number of likely N-dealkylation sites (tertiary alicyclic amines) is 1. The summed E-state index contributed by atoms with van der Waals surface area (Å²) in [6, 6.07) is 5.58. The zero-order valence-electron chi connectivity index (χ0n) is 21.0. The first-order chi connectivity index (χ1) is 17.9. The summed E-state index contributed by atoms with van der Waals surface area (Å²) in [5.74, 6) is -0.897. The number of hydrogen-bond acceptors (Lipinski definition) is 6. The number of methoxy groups -OCH3 is 1. The van der Waals surface area contributed by atoms with Crippen molar-refractivity contribution in [1.29, 1.82) is 0 Å². The van der Waals surface area contributed by atoms with Crippen molar-refractivity contribution in [3.63, 3.8) is 0 Å². The average Bonchev–Trinajstić information content (AvgIpc) is 3.63. The summed E-state index contributed by atoms with van der Waals surface area (Å²) in [6.07, 6.45) is 4.53. The minimum absolute atomic E-state index is 0.00345. The molecule has 1 saturated carbocycles. The molecule has 4 N–H and O–H groups in total. The summed E-state index contributed by atoms with van der Waals surface area (Å²) >= 11 is 0. The first-order valence-corrected chi connectivity index (χ1v) is 13.1. The molecule has 0 spiro atoms. The lowest BCUT2D eigenvalue weighted by molar-refractivity contribution is -0.133. The fourth-order valence-corrected chi connectivity index (χ4v) is 6.39. The predicted molar refractivity (Wildman–Crippen MR) is 135 cm³/mol. The van der Waals surface area contributed by atoms with Gasteiger partial charge in [0.15, 0.2) is 5.78 Å². The van der Waals surface area contributed by atoms with E-state index in [4.69, 9.17) is 4.74 Å². The molecule has 2 saturated heterocycles. The van der Waals surface area contributed by atoms with Gasteiger partial charge in [-0.1, -0.05) is 18.9 Å². The van der Waals surface area contributed by atoms with E-state index in [1.165, 1.54) is 0 Å². The highest BCUT2D eigenvalue weighted by molar-refractivity contribution is 6.02. The molecule has 3 amide bonds. The Bertz CT molecular complexity index is 1210. The molecular weight excluding hydrogens is 476 g/mol. The van der Waals surface area contributed by atoms with Crippen LogP contribution in [0.25, 0.3) is 10.9 Å². The summed E-state index contributed by atoms with van der Waals surface area (Å²) < 4.78 is 5.43. The zero-order valence-corrected chi connectivity index (χ0v) is 21.0. The van der Waals surface area contributed by atoms with Crippen LogP contribution in [0.2, 0.25) is 0 Å². The van der Waals surface area contributed by atoms with Crippen LogP contribution < -0.4 is 15.4 Å². The summed E-state index contributed by atoms with van der Waals surface area (Å²) in [4.78, 5) is 57.0. The fraction of sp³-hybridized carbons (Fsp3) is 0.556. The van der Waals surface area contributed by atoms with Gasteiger partial charge >= 0.3 is 0 Å². The number of aromatic nitrogens is 1. The first kappa shape index (κ1) is 25.3. The summed E-state index contributed by atoms with van der Waals surface area (Å²) in [7, 11) is 1.58. The van der Waals surface area contributed by atoms with Crippen LogP contribution >= 0.6 is 0 Å². The van der Waals surface area contributed by atoms with Crippen LogP contribution in [0.5, 0.6) is 5.75 Å². The lowest BCUT2D eigenvalue weighted by atomic mass is 9.78. The number of carbonyl (C=O) groups is 4. The molecule has 3 fully saturated rings. The number of aromatic amines is 1. The van der Waals surface area contributed by atoms with Gasteiger partial charge in [-0.2, -0.15) is 0 Å². The molecule has 10 heteroatoms. The van der Waals surface area contributed by atoms with Gasteiger partial charge in [-0.15, -0.1) is 0 Å². The summed E-state index contributed by atoms with van der Waals surface area (Å²) in [5.41, 5.74) is 1.14. The van der Waals surface area contributed by atoms with Crippen LogP contribution in [0.15, 0.2) is 24.3 Å². The van der Waals surface area contributed by atoms with E-state index >= 15 is 0 Å². The summed E-state index contributed by atoms with van der Waals surface area (Å²) in [5, 5.41) is 15.9. The molecule has 10 nitrogen and oxygen atoms in total. The van der Waals surface area contributed by atoms with Crippen LogP contribution in [0, 0.1) is 17.8 Å². The molecule has 0 radical (unpaired) electrons. The van der Waals surface area contributed by atoms with Crippen molar-refractivity contribution in [3.8, 4) is 5.75 Å². The number of ketones is 1. The van der Waals surface area contributed by atoms with Gasteiger partial charge in [0.05, 0.1) is 13.2 Å². The molecule has 37 heavy (non-hydrogen) atoms. The van der Waals surface area contributed by atoms with Crippen LogP contribution in [0.4, 0.5) is 0 Å². The molecule has 3 aliphatic rings. The highest BCUT2D eigenvalue weighted by Crippen LogP contribution is 2.41. The van der Waals surface area contributed by atoms with Crippen molar-refractivity contribution >= 4 is 34.4 Å². The van der Waals surface area contributed by atoms with Gasteiger partial charge < -0.3 is 30.4 Å². The third kappa shape index (κ3) is 4.82. The SMILES string of the molecule is COc1cccc2[nH]c(C(=O)N3CC4CCCCC4C3C(=O)NC(CC3CCNC3=O)C(=O)CO)cc12. The van der Waals surface area contributed by atoms with Crippen molar-refractivity contribution in [3.05, 3.63) is 30.0 Å². The number of H-pyrrole nitrogens is 1. The van der Waals surface area contributed by atoms with Gasteiger partial charge in [-0.25, -0.2) is 0 Å². The zero-order chi connectivity index (χ0) is 26.1. The molecule has 2 aliphatic heterocycles. The van der Waals surface area contributed by atoms with Gasteiger partial charge in [0, 0.05) is 29.9 Å². The van der Waals surface area contributed by atoms with Crippen LogP contribution in [0.1, 0.15) is 49.0 Å². The van der Waals surface area contributed by atoms with Gasteiger partial charge in [0.1, 0.15) is 24.1 Å². The minimum Gasteiger partial charge on any atom is -0.496 e. The lowest BCUT2D eigenvalue weighted by Crippen LogP contribution is -2.54. The number of ether oxygens (including phenoxy) is 1. The largest absolute Gasteiger partial charge is 0.496 e. The Labute approximate surface area is 215 Å². The Morgan fingerprint density at radius 3 is 2.76 bits per heavy atom. The number of hydrogen-bond donors (Lipinski definition) is 4. The number of fused-ring (bicyclic) bond motifs is 2. The maximum Gasteiger partial charge on any atom is 0.271 e. The lowest BCUT2D eigenvalue weighted by Gasteiger charge is -2.31. The third-order valence-corrected chi connectivity index (χ3v) is 8.29. The molecule has 1 aromatic carbocycles. The number of aliphatic hydroxyl groups is 1. The Kier molecular flexibility index (Phi) is 7.19. The maximum absolute atomic E-state index is 13.8. The highest BCUT2D eigenvalue weighted by Gasteiger charge is 2.49. The van der Waals surface area contributed by atoms with Gasteiger partial charge in [0.25, 0.3) is 5.91 Å². The monoisotopic (exact) mass is 510 g/mol. The predicted octanol–water partition coefficient (Wildman–Crippen LogP) is 1.38. The van der Waals surface area contributed by atoms with Crippen molar-refractivity contribution in [2.45, 2.75) is 50.6 Å². The van der Waals surface area contributed by atoms with Crippen molar-refractivity contribution < 1.29 is 29.0 Å². The fourth-order valence-electron chi connectivity index (χ4n) is 6.39. The van der Waals surface area contributed by atoms with Gasteiger partial charge in [-0.3, -0.25) is 19.2 Å². The number of benzene rings is 1. The van der Waals surface area contributed by atoms with Gasteiger partial charge in [0.2, 0.25) is 11.8 Å². The average molecular weight is 511 g/mol. The van der Waals surface area contributed by atoms with Gasteiger partial charge in [-0.05, 0) is 55.7 Å². The molecule has 1 aromatic heterocycles. The molecule has 198 valence electrons. The number of aliphatic hydroxyl groups excluding tert-OH is 1. The quantitative estimate of drug-likeness (QED) is 0.423. The van der Waals surface area contributed by atoms with Crippen molar-refractivity contribution in [1.82, 2.24) is 20.5 Å². The second kappa shape index (κ2) is 10.5. The normalized spacial score (nSPS) is 26.0. The molecule has 5 unspecified atom stereocenters. The molecule has 3 heterocycles. The molecule has 5 rings (SSSR count). The Morgan fingerprint density at radius 1 is 1.22 bits per heavy atom. The van der Waals surface area contributed by atoms with E-state index in [0.29, 0.717) is 31.0 Å². The second-order valence-corrected chi connectivity index (χ2v) is 10.4. The van der Waals surface area contributed by atoms with E-state index < -0.39 is 36.3 Å². The number of Topliss-reactive ketones (excluding diaryl/α,β-unsaturated/α-hetero) is 1. The van der Waals surface area contributed by atoms with E-state index in [1.807, 2.05) is 18.2 Å². The Hall–Kier alpha value is -3.40. The number of carbonyl (C=O) groups excluding carboxylic acids is 4. The maximum atomic E-state index is 13.8. The topological polar surface area (TPSA) is 141 Å². The Balaban J connectivity index is 1.41. The standard InChI is InChI=1S/C27H34N4O6/c1-37-23-8-4-7-19-18(23)12-21(29-19)27(36)31-13-16-5-2-3-6-17(16)24(31)26(35)30-20(22(33)14-32)11-15-9-10-28-25(15)34/h4,7-8,12,15-17,20,24,29,32H,2-3,5-6,9-11,13-14H2,1H3,(H,28,34)(H,30,35). The van der Waals surface area contributed by atoms with Crippen molar-refractivity contribution in [2.75, 3.05) is 26.8 Å². The number of rotatable bonds is 8. The third-order valence-electron chi connectivity index (χ3n) is 8.29. The molecular formula is C27H34N4O6. The highest BCUT2D eigenvalue weighted by atomic mass is 16.5. The molecule has 2 aromatic rings. The Morgan fingerprint density at radius 2 is 2.03 bits per heavy atom. The van der Waals surface area contributed by atoms with E-state index in [0.717, 1.165) is 36.6 Å².